The quantitative estimate of drug-likeness (QED) is 0.733. The number of anilines is 1. The SMILES string of the molecule is COc1cccc(C(=O)Nc2ccc3c(c2)C(NS(C)(=O)=O)C(O)C3)c1. The maximum Gasteiger partial charge on any atom is 0.255 e. The predicted octanol–water partition coefficient (Wildman–Crippen LogP) is 1.45. The Kier molecular flexibility index (Phi) is 4.99. The molecule has 7 nitrogen and oxygen atoms in total. The normalized spacial score (nSPS) is 19.0. The first-order valence-corrected chi connectivity index (χ1v) is 9.89. The van der Waals surface area contributed by atoms with Gasteiger partial charge in [0.25, 0.3) is 5.91 Å². The van der Waals surface area contributed by atoms with Gasteiger partial charge in [-0.15, -0.1) is 0 Å². The molecule has 3 N–H and O–H groups in total. The van der Waals surface area contributed by atoms with E-state index in [2.05, 4.69) is 10.0 Å². The Morgan fingerprint density at radius 2 is 2.00 bits per heavy atom. The van der Waals surface area contributed by atoms with Crippen molar-refractivity contribution < 1.29 is 23.1 Å². The third-order valence-electron chi connectivity index (χ3n) is 4.23. The Morgan fingerprint density at radius 1 is 1.23 bits per heavy atom. The lowest BCUT2D eigenvalue weighted by Gasteiger charge is -2.17. The zero-order valence-electron chi connectivity index (χ0n) is 14.4. The molecular formula is C18H20N2O5S. The highest BCUT2D eigenvalue weighted by atomic mass is 32.2. The lowest BCUT2D eigenvalue weighted by molar-refractivity contribution is 0.102. The Hall–Kier alpha value is -2.42. The van der Waals surface area contributed by atoms with Crippen molar-refractivity contribution in [2.24, 2.45) is 0 Å². The Labute approximate surface area is 152 Å². The summed E-state index contributed by atoms with van der Waals surface area (Å²) >= 11 is 0. The average molecular weight is 376 g/mol. The molecule has 0 bridgehead atoms. The van der Waals surface area contributed by atoms with Gasteiger partial charge in [0.15, 0.2) is 0 Å². The number of amides is 1. The van der Waals surface area contributed by atoms with Gasteiger partial charge in [0, 0.05) is 17.7 Å². The van der Waals surface area contributed by atoms with Gasteiger partial charge in [0.2, 0.25) is 10.0 Å². The highest BCUT2D eigenvalue weighted by Gasteiger charge is 2.33. The fraction of sp³-hybridized carbons (Fsp3) is 0.278. The number of methoxy groups -OCH3 is 1. The van der Waals surface area contributed by atoms with Crippen LogP contribution in [0.25, 0.3) is 0 Å². The van der Waals surface area contributed by atoms with Gasteiger partial charge in [0.05, 0.1) is 25.5 Å². The first kappa shape index (κ1) is 18.4. The standard InChI is InChI=1S/C18H20N2O5S/c1-25-14-5-3-4-12(8-14)18(22)19-13-7-6-11-9-16(21)17(15(11)10-13)20-26(2,23)24/h3-8,10,16-17,20-21H,9H2,1-2H3,(H,19,22). The van der Waals surface area contributed by atoms with Crippen LogP contribution in [0.4, 0.5) is 5.69 Å². The molecule has 138 valence electrons. The lowest BCUT2D eigenvalue weighted by atomic mass is 10.1. The average Bonchev–Trinajstić information content (AvgIpc) is 2.89. The van der Waals surface area contributed by atoms with Crippen molar-refractivity contribution >= 4 is 21.6 Å². The molecule has 2 aromatic carbocycles. The maximum absolute atomic E-state index is 12.4. The maximum atomic E-state index is 12.4. The molecule has 2 aromatic rings. The van der Waals surface area contributed by atoms with Crippen molar-refractivity contribution in [3.05, 3.63) is 59.2 Å². The van der Waals surface area contributed by atoms with Crippen LogP contribution < -0.4 is 14.8 Å². The monoisotopic (exact) mass is 376 g/mol. The second-order valence-corrected chi connectivity index (χ2v) is 8.02. The highest BCUT2D eigenvalue weighted by Crippen LogP contribution is 2.34. The van der Waals surface area contributed by atoms with E-state index < -0.39 is 22.2 Å². The fourth-order valence-electron chi connectivity index (χ4n) is 3.04. The predicted molar refractivity (Wildman–Crippen MR) is 97.8 cm³/mol. The zero-order chi connectivity index (χ0) is 18.9. The minimum Gasteiger partial charge on any atom is -0.497 e. The highest BCUT2D eigenvalue weighted by molar-refractivity contribution is 7.88. The molecule has 0 heterocycles. The molecule has 2 unspecified atom stereocenters. The number of hydrogen-bond acceptors (Lipinski definition) is 5. The van der Waals surface area contributed by atoms with Crippen molar-refractivity contribution in [2.45, 2.75) is 18.6 Å². The lowest BCUT2D eigenvalue weighted by Crippen LogP contribution is -2.33. The molecular weight excluding hydrogens is 356 g/mol. The fourth-order valence-corrected chi connectivity index (χ4v) is 3.78. The van der Waals surface area contributed by atoms with Crippen molar-refractivity contribution in [3.8, 4) is 5.75 Å². The number of benzene rings is 2. The molecule has 3 rings (SSSR count). The van der Waals surface area contributed by atoms with E-state index in [0.717, 1.165) is 11.8 Å². The number of carbonyl (C=O) groups excluding carboxylic acids is 1. The van der Waals surface area contributed by atoms with E-state index in [1.807, 2.05) is 0 Å². The molecule has 1 aliphatic rings. The topological polar surface area (TPSA) is 105 Å². The number of aliphatic hydroxyl groups excluding tert-OH is 1. The first-order chi connectivity index (χ1) is 12.3. The summed E-state index contributed by atoms with van der Waals surface area (Å²) in [6, 6.07) is 11.2. The van der Waals surface area contributed by atoms with Crippen LogP contribution in [0.3, 0.4) is 0 Å². The second kappa shape index (κ2) is 7.06. The van der Waals surface area contributed by atoms with Gasteiger partial charge in [0.1, 0.15) is 5.75 Å². The smallest absolute Gasteiger partial charge is 0.255 e. The molecule has 0 aromatic heterocycles. The number of nitrogens with one attached hydrogen (secondary N) is 2. The van der Waals surface area contributed by atoms with Gasteiger partial charge in [-0.25, -0.2) is 13.1 Å². The zero-order valence-corrected chi connectivity index (χ0v) is 15.2. The minimum absolute atomic E-state index is 0.310. The number of rotatable bonds is 5. The number of fused-ring (bicyclic) bond motifs is 1. The molecule has 0 aliphatic heterocycles. The summed E-state index contributed by atoms with van der Waals surface area (Å²) in [6.45, 7) is 0. The summed E-state index contributed by atoms with van der Waals surface area (Å²) in [6.07, 6.45) is 0.558. The van der Waals surface area contributed by atoms with E-state index in [0.29, 0.717) is 29.0 Å². The number of carbonyl (C=O) groups is 1. The molecule has 26 heavy (non-hydrogen) atoms. The minimum atomic E-state index is -3.48. The Morgan fingerprint density at radius 3 is 2.69 bits per heavy atom. The van der Waals surface area contributed by atoms with E-state index in [1.165, 1.54) is 7.11 Å². The van der Waals surface area contributed by atoms with Crippen molar-refractivity contribution in [1.82, 2.24) is 4.72 Å². The summed E-state index contributed by atoms with van der Waals surface area (Å²) in [5, 5.41) is 12.9. The van der Waals surface area contributed by atoms with E-state index in [-0.39, 0.29) is 5.91 Å². The van der Waals surface area contributed by atoms with Crippen LogP contribution in [-0.4, -0.2) is 38.9 Å². The molecule has 0 radical (unpaired) electrons. The summed E-state index contributed by atoms with van der Waals surface area (Å²) in [4.78, 5) is 12.4. The molecule has 0 saturated carbocycles. The van der Waals surface area contributed by atoms with Gasteiger partial charge in [-0.1, -0.05) is 12.1 Å². The molecule has 0 spiro atoms. The number of aliphatic hydroxyl groups is 1. The van der Waals surface area contributed by atoms with E-state index >= 15 is 0 Å². The van der Waals surface area contributed by atoms with Crippen LogP contribution in [0, 0.1) is 0 Å². The van der Waals surface area contributed by atoms with Gasteiger partial charge < -0.3 is 15.2 Å². The number of ether oxygens (including phenoxy) is 1. The number of sulfonamides is 1. The van der Waals surface area contributed by atoms with Gasteiger partial charge in [-0.05, 0) is 41.5 Å². The Bertz CT molecular complexity index is 942. The molecule has 1 amide bonds. The third kappa shape index (κ3) is 4.04. The van der Waals surface area contributed by atoms with Crippen LogP contribution in [0.5, 0.6) is 5.75 Å². The van der Waals surface area contributed by atoms with Crippen LogP contribution in [0.2, 0.25) is 0 Å². The summed E-state index contributed by atoms with van der Waals surface area (Å²) in [5.74, 6) is 0.266. The van der Waals surface area contributed by atoms with Crippen molar-refractivity contribution in [1.29, 1.82) is 0 Å². The van der Waals surface area contributed by atoms with Gasteiger partial charge in [-0.3, -0.25) is 4.79 Å². The molecule has 2 atom stereocenters. The van der Waals surface area contributed by atoms with Crippen LogP contribution in [0.1, 0.15) is 27.5 Å². The summed E-state index contributed by atoms with van der Waals surface area (Å²) in [7, 11) is -1.96. The Balaban J connectivity index is 1.83. The largest absolute Gasteiger partial charge is 0.497 e. The second-order valence-electron chi connectivity index (χ2n) is 6.24. The molecule has 0 fully saturated rings. The van der Waals surface area contributed by atoms with Crippen LogP contribution in [-0.2, 0) is 16.4 Å². The molecule has 8 heteroatoms. The van der Waals surface area contributed by atoms with E-state index in [4.69, 9.17) is 4.74 Å². The summed E-state index contributed by atoms with van der Waals surface area (Å²) in [5.41, 5.74) is 2.46. The van der Waals surface area contributed by atoms with Crippen LogP contribution >= 0.6 is 0 Å². The van der Waals surface area contributed by atoms with E-state index in [1.54, 1.807) is 42.5 Å². The van der Waals surface area contributed by atoms with Crippen molar-refractivity contribution in [3.63, 3.8) is 0 Å². The van der Waals surface area contributed by atoms with Gasteiger partial charge in [-0.2, -0.15) is 0 Å². The van der Waals surface area contributed by atoms with E-state index in [9.17, 15) is 18.3 Å². The first-order valence-electron chi connectivity index (χ1n) is 8.00. The number of hydrogen-bond donors (Lipinski definition) is 3. The molecule has 0 saturated heterocycles. The van der Waals surface area contributed by atoms with Gasteiger partial charge >= 0.3 is 0 Å². The third-order valence-corrected chi connectivity index (χ3v) is 4.91. The van der Waals surface area contributed by atoms with Crippen molar-refractivity contribution in [2.75, 3.05) is 18.7 Å². The van der Waals surface area contributed by atoms with Crippen LogP contribution in [0.15, 0.2) is 42.5 Å². The summed E-state index contributed by atoms with van der Waals surface area (Å²) < 4.78 is 30.7. The molecule has 1 aliphatic carbocycles.